The van der Waals surface area contributed by atoms with Gasteiger partial charge in [0.05, 0.1) is 6.26 Å². The molecule has 8 heteroatoms. The van der Waals surface area contributed by atoms with E-state index in [1.54, 1.807) is 30.3 Å². The Morgan fingerprint density at radius 1 is 1.48 bits per heavy atom. The van der Waals surface area contributed by atoms with Crippen LogP contribution in [0.3, 0.4) is 0 Å². The quantitative estimate of drug-likeness (QED) is 0.830. The number of aryl methyl sites for hydroxylation is 1. The number of carbonyl (C=O) groups excluding carboxylic acids is 1. The summed E-state index contributed by atoms with van der Waals surface area (Å²) in [7, 11) is 3.63. The van der Waals surface area contributed by atoms with E-state index >= 15 is 0 Å². The van der Waals surface area contributed by atoms with Gasteiger partial charge < -0.3 is 19.2 Å². The van der Waals surface area contributed by atoms with Crippen LogP contribution >= 0.6 is 12.4 Å². The number of hydrogen-bond acceptors (Lipinski definition) is 6. The highest BCUT2D eigenvalue weighted by molar-refractivity contribution is 5.85. The molecule has 0 unspecified atom stereocenters. The fourth-order valence-corrected chi connectivity index (χ4v) is 1.67. The minimum Gasteiger partial charge on any atom is -0.461 e. The van der Waals surface area contributed by atoms with Crippen LogP contribution in [0, 0.1) is 0 Å². The molecule has 0 aromatic carbocycles. The first-order valence-corrected chi connectivity index (χ1v) is 6.45. The number of amides is 1. The van der Waals surface area contributed by atoms with Crippen molar-refractivity contribution in [2.75, 3.05) is 27.2 Å². The van der Waals surface area contributed by atoms with Crippen LogP contribution in [0.5, 0.6) is 0 Å². The zero-order chi connectivity index (χ0) is 14.4. The number of hydrogen-bond donors (Lipinski definition) is 1. The molecule has 0 aliphatic heterocycles. The fraction of sp³-hybridized carbons (Fsp3) is 0.462. The smallest absolute Gasteiger partial charge is 0.238 e. The third-order valence-electron chi connectivity index (χ3n) is 2.89. The molecule has 0 aliphatic rings. The van der Waals surface area contributed by atoms with Crippen LogP contribution in [-0.4, -0.2) is 48.1 Å². The van der Waals surface area contributed by atoms with Crippen molar-refractivity contribution >= 4 is 18.3 Å². The predicted octanol–water partition coefficient (Wildman–Crippen LogP) is 1.36. The molecule has 1 amide bonds. The van der Waals surface area contributed by atoms with Gasteiger partial charge in [-0.05, 0) is 19.2 Å². The first kappa shape index (κ1) is 17.2. The average molecular weight is 315 g/mol. The van der Waals surface area contributed by atoms with Crippen molar-refractivity contribution in [2.45, 2.75) is 12.8 Å². The van der Waals surface area contributed by atoms with Gasteiger partial charge in [0, 0.05) is 33.0 Å². The third-order valence-corrected chi connectivity index (χ3v) is 2.89. The zero-order valence-electron chi connectivity index (χ0n) is 12.0. The molecule has 2 rings (SSSR count). The molecule has 0 saturated carbocycles. The van der Waals surface area contributed by atoms with Gasteiger partial charge in [-0.2, -0.15) is 4.98 Å². The van der Waals surface area contributed by atoms with E-state index in [2.05, 4.69) is 15.5 Å². The Morgan fingerprint density at radius 3 is 2.95 bits per heavy atom. The molecular formula is C13H19ClN4O3. The second-order valence-electron chi connectivity index (χ2n) is 4.41. The van der Waals surface area contributed by atoms with E-state index in [4.69, 9.17) is 8.94 Å². The van der Waals surface area contributed by atoms with Gasteiger partial charge in [-0.3, -0.25) is 4.79 Å². The summed E-state index contributed by atoms with van der Waals surface area (Å²) in [5.41, 5.74) is 0. The molecule has 7 nitrogen and oxygen atoms in total. The second kappa shape index (κ2) is 8.43. The Kier molecular flexibility index (Phi) is 6.90. The maximum absolute atomic E-state index is 11.8. The largest absolute Gasteiger partial charge is 0.461 e. The molecule has 116 valence electrons. The summed E-state index contributed by atoms with van der Waals surface area (Å²) in [5, 5.41) is 6.82. The molecule has 0 atom stereocenters. The summed E-state index contributed by atoms with van der Waals surface area (Å²) >= 11 is 0. The number of likely N-dealkylation sites (N-methyl/N-ethyl adjacent to an activating group) is 2. The van der Waals surface area contributed by atoms with Crippen molar-refractivity contribution in [3.63, 3.8) is 0 Å². The van der Waals surface area contributed by atoms with Crippen LogP contribution in [0.2, 0.25) is 0 Å². The first-order valence-electron chi connectivity index (χ1n) is 6.45. The monoisotopic (exact) mass is 314 g/mol. The van der Waals surface area contributed by atoms with Gasteiger partial charge in [0.2, 0.25) is 17.6 Å². The minimum atomic E-state index is 0. The standard InChI is InChI=1S/C13H18N4O3.ClH/c1-14-7-8-17(2)12(18)6-5-11-15-13(16-20-11)10-4-3-9-19-10;/h3-4,9,14H,5-8H2,1-2H3;1H. The van der Waals surface area contributed by atoms with Gasteiger partial charge in [0.15, 0.2) is 5.76 Å². The molecule has 0 bridgehead atoms. The Bertz CT molecular complexity index is 541. The molecule has 0 fully saturated rings. The zero-order valence-corrected chi connectivity index (χ0v) is 12.9. The van der Waals surface area contributed by atoms with E-state index in [0.29, 0.717) is 36.9 Å². The van der Waals surface area contributed by atoms with Gasteiger partial charge >= 0.3 is 0 Å². The molecule has 1 N–H and O–H groups in total. The van der Waals surface area contributed by atoms with Crippen molar-refractivity contribution in [3.8, 4) is 11.6 Å². The topological polar surface area (TPSA) is 84.4 Å². The Hall–Kier alpha value is -1.86. The Labute approximate surface area is 129 Å². The molecule has 0 saturated heterocycles. The Balaban J connectivity index is 0.00000220. The summed E-state index contributed by atoms with van der Waals surface area (Å²) in [6.07, 6.45) is 2.32. The lowest BCUT2D eigenvalue weighted by molar-refractivity contribution is -0.129. The van der Waals surface area contributed by atoms with Crippen molar-refractivity contribution in [2.24, 2.45) is 0 Å². The van der Waals surface area contributed by atoms with E-state index in [0.717, 1.165) is 6.54 Å². The molecular weight excluding hydrogens is 296 g/mol. The molecule has 2 aromatic rings. The number of carbonyl (C=O) groups is 1. The lowest BCUT2D eigenvalue weighted by Gasteiger charge is -2.16. The van der Waals surface area contributed by atoms with E-state index < -0.39 is 0 Å². The van der Waals surface area contributed by atoms with Gasteiger partial charge in [-0.1, -0.05) is 5.16 Å². The maximum Gasteiger partial charge on any atom is 0.238 e. The minimum absolute atomic E-state index is 0. The number of rotatable bonds is 7. The van der Waals surface area contributed by atoms with Crippen LogP contribution in [-0.2, 0) is 11.2 Å². The average Bonchev–Trinajstić information content (AvgIpc) is 3.12. The predicted molar refractivity (Wildman–Crippen MR) is 79.1 cm³/mol. The molecule has 0 radical (unpaired) electrons. The van der Waals surface area contributed by atoms with Gasteiger partial charge in [-0.15, -0.1) is 12.4 Å². The number of halogens is 1. The Morgan fingerprint density at radius 2 is 2.29 bits per heavy atom. The first-order chi connectivity index (χ1) is 9.70. The summed E-state index contributed by atoms with van der Waals surface area (Å²) in [5.74, 6) is 1.45. The van der Waals surface area contributed by atoms with Gasteiger partial charge in [0.25, 0.3) is 0 Å². The van der Waals surface area contributed by atoms with Crippen molar-refractivity contribution in [1.29, 1.82) is 0 Å². The van der Waals surface area contributed by atoms with E-state index in [-0.39, 0.29) is 18.3 Å². The maximum atomic E-state index is 11.8. The van der Waals surface area contributed by atoms with Crippen LogP contribution in [0.4, 0.5) is 0 Å². The van der Waals surface area contributed by atoms with Crippen LogP contribution in [0.15, 0.2) is 27.3 Å². The van der Waals surface area contributed by atoms with Crippen LogP contribution in [0.25, 0.3) is 11.6 Å². The third kappa shape index (κ3) is 4.87. The van der Waals surface area contributed by atoms with Gasteiger partial charge in [0.1, 0.15) is 0 Å². The molecule has 0 aliphatic carbocycles. The highest BCUT2D eigenvalue weighted by atomic mass is 35.5. The highest BCUT2D eigenvalue weighted by Crippen LogP contribution is 2.16. The van der Waals surface area contributed by atoms with Crippen LogP contribution < -0.4 is 5.32 Å². The summed E-state index contributed by atoms with van der Waals surface area (Å²) in [4.78, 5) is 17.7. The fourth-order valence-electron chi connectivity index (χ4n) is 1.67. The number of nitrogens with one attached hydrogen (secondary N) is 1. The molecule has 2 heterocycles. The van der Waals surface area contributed by atoms with E-state index in [1.807, 2.05) is 7.05 Å². The van der Waals surface area contributed by atoms with Crippen molar-refractivity contribution in [3.05, 3.63) is 24.3 Å². The highest BCUT2D eigenvalue weighted by Gasteiger charge is 2.13. The summed E-state index contributed by atoms with van der Waals surface area (Å²) < 4.78 is 10.3. The summed E-state index contributed by atoms with van der Waals surface area (Å²) in [6, 6.07) is 3.51. The van der Waals surface area contributed by atoms with Gasteiger partial charge in [-0.25, -0.2) is 0 Å². The lowest BCUT2D eigenvalue weighted by atomic mass is 10.3. The van der Waals surface area contributed by atoms with E-state index in [1.165, 1.54) is 0 Å². The van der Waals surface area contributed by atoms with E-state index in [9.17, 15) is 4.79 Å². The van der Waals surface area contributed by atoms with Crippen LogP contribution in [0.1, 0.15) is 12.3 Å². The number of aromatic nitrogens is 2. The molecule has 21 heavy (non-hydrogen) atoms. The number of furan rings is 1. The second-order valence-corrected chi connectivity index (χ2v) is 4.41. The van der Waals surface area contributed by atoms with Crippen molar-refractivity contribution in [1.82, 2.24) is 20.4 Å². The normalized spacial score (nSPS) is 10.2. The molecule has 0 spiro atoms. The summed E-state index contributed by atoms with van der Waals surface area (Å²) in [6.45, 7) is 1.45. The SMILES string of the molecule is CNCCN(C)C(=O)CCc1nc(-c2ccco2)no1.Cl. The van der Waals surface area contributed by atoms with Crippen molar-refractivity contribution < 1.29 is 13.7 Å². The number of nitrogens with zero attached hydrogens (tertiary/aromatic N) is 3. The molecule has 2 aromatic heterocycles. The lowest BCUT2D eigenvalue weighted by Crippen LogP contribution is -2.32.